The maximum atomic E-state index is 12.8. The fraction of sp³-hybridized carbons (Fsp3) is 0.316. The van der Waals surface area contributed by atoms with Crippen molar-refractivity contribution in [2.24, 2.45) is 0 Å². The van der Waals surface area contributed by atoms with E-state index in [-0.39, 0.29) is 11.9 Å². The molecular formula is C19H22N2O. The largest absolute Gasteiger partial charge is 0.372 e. The van der Waals surface area contributed by atoms with Crippen LogP contribution in [0.25, 0.3) is 0 Å². The molecule has 0 radical (unpaired) electrons. The molecule has 0 bridgehead atoms. The van der Waals surface area contributed by atoms with Crippen molar-refractivity contribution < 1.29 is 4.79 Å². The van der Waals surface area contributed by atoms with E-state index in [1.54, 1.807) is 0 Å². The van der Waals surface area contributed by atoms with E-state index in [0.29, 0.717) is 6.54 Å². The number of benzene rings is 2. The number of carbonyl (C=O) groups excluding carboxylic acids is 1. The van der Waals surface area contributed by atoms with Crippen LogP contribution in [-0.4, -0.2) is 11.9 Å². The Labute approximate surface area is 132 Å². The first-order valence-corrected chi connectivity index (χ1v) is 7.83. The fourth-order valence-electron chi connectivity index (χ4n) is 2.90. The van der Waals surface area contributed by atoms with Crippen LogP contribution in [0, 0.1) is 13.8 Å². The normalized spacial score (nSPS) is 17.1. The summed E-state index contributed by atoms with van der Waals surface area (Å²) in [7, 11) is 0. The smallest absolute Gasteiger partial charge is 0.249 e. The lowest BCUT2D eigenvalue weighted by Gasteiger charge is -2.35. The minimum Gasteiger partial charge on any atom is -0.372 e. The number of fused-ring (bicyclic) bond motifs is 1. The molecule has 2 aromatic carbocycles. The average Bonchev–Trinajstić information content (AvgIpc) is 2.53. The van der Waals surface area contributed by atoms with Crippen molar-refractivity contribution in [3.8, 4) is 0 Å². The Morgan fingerprint density at radius 1 is 1.09 bits per heavy atom. The molecule has 0 saturated heterocycles. The van der Waals surface area contributed by atoms with Crippen LogP contribution in [0.1, 0.15) is 30.0 Å². The first-order chi connectivity index (χ1) is 10.6. The topological polar surface area (TPSA) is 32.3 Å². The van der Waals surface area contributed by atoms with E-state index in [4.69, 9.17) is 0 Å². The second-order valence-electron chi connectivity index (χ2n) is 5.97. The summed E-state index contributed by atoms with van der Waals surface area (Å²) in [5, 5.41) is 3.39. The molecule has 1 N–H and O–H groups in total. The summed E-state index contributed by atoms with van der Waals surface area (Å²) < 4.78 is 0. The third-order valence-corrected chi connectivity index (χ3v) is 4.39. The molecule has 1 aliphatic heterocycles. The summed E-state index contributed by atoms with van der Waals surface area (Å²) in [6.07, 6.45) is 0.788. The molecule has 22 heavy (non-hydrogen) atoms. The number of anilines is 2. The zero-order valence-corrected chi connectivity index (χ0v) is 13.4. The highest BCUT2D eigenvalue weighted by Crippen LogP contribution is 2.35. The average molecular weight is 294 g/mol. The lowest BCUT2D eigenvalue weighted by Crippen LogP contribution is -2.46. The van der Waals surface area contributed by atoms with E-state index in [1.807, 2.05) is 30.0 Å². The Balaban J connectivity index is 2.03. The van der Waals surface area contributed by atoms with E-state index in [0.717, 1.165) is 23.4 Å². The van der Waals surface area contributed by atoms with Gasteiger partial charge in [-0.05, 0) is 49.1 Å². The molecule has 0 aromatic heterocycles. The maximum Gasteiger partial charge on any atom is 0.249 e. The van der Waals surface area contributed by atoms with Gasteiger partial charge in [0, 0.05) is 0 Å². The van der Waals surface area contributed by atoms with Gasteiger partial charge in [-0.3, -0.25) is 4.79 Å². The highest BCUT2D eigenvalue weighted by molar-refractivity contribution is 6.05. The van der Waals surface area contributed by atoms with Gasteiger partial charge in [0.1, 0.15) is 6.04 Å². The fourth-order valence-corrected chi connectivity index (χ4v) is 2.90. The van der Waals surface area contributed by atoms with Crippen LogP contribution < -0.4 is 10.2 Å². The Bertz CT molecular complexity index is 694. The summed E-state index contributed by atoms with van der Waals surface area (Å²) >= 11 is 0. The number of amides is 1. The van der Waals surface area contributed by atoms with Crippen molar-refractivity contribution >= 4 is 17.3 Å². The zero-order chi connectivity index (χ0) is 15.7. The van der Waals surface area contributed by atoms with Crippen molar-refractivity contribution in [3.05, 3.63) is 59.2 Å². The van der Waals surface area contributed by atoms with Gasteiger partial charge < -0.3 is 10.2 Å². The van der Waals surface area contributed by atoms with Gasteiger partial charge in [-0.25, -0.2) is 0 Å². The minimum absolute atomic E-state index is 0.140. The Morgan fingerprint density at radius 2 is 1.77 bits per heavy atom. The Hall–Kier alpha value is -2.29. The molecule has 2 aromatic rings. The highest BCUT2D eigenvalue weighted by atomic mass is 16.2. The first-order valence-electron chi connectivity index (χ1n) is 7.83. The van der Waals surface area contributed by atoms with Gasteiger partial charge in [-0.15, -0.1) is 0 Å². The van der Waals surface area contributed by atoms with Crippen LogP contribution in [0.5, 0.6) is 0 Å². The molecule has 114 valence electrons. The van der Waals surface area contributed by atoms with E-state index >= 15 is 0 Å². The molecule has 1 amide bonds. The van der Waals surface area contributed by atoms with Crippen molar-refractivity contribution in [2.45, 2.75) is 39.8 Å². The molecule has 3 rings (SSSR count). The van der Waals surface area contributed by atoms with E-state index in [2.05, 4.69) is 43.4 Å². The quantitative estimate of drug-likeness (QED) is 0.926. The molecule has 0 spiro atoms. The SMILES string of the molecule is CCC1Nc2cc(C)c(C)cc2N(Cc2ccccc2)C1=O. The number of nitrogens with zero attached hydrogens (tertiary/aromatic N) is 1. The minimum atomic E-state index is -0.140. The van der Waals surface area contributed by atoms with Gasteiger partial charge in [0.25, 0.3) is 0 Å². The van der Waals surface area contributed by atoms with Crippen molar-refractivity contribution in [1.29, 1.82) is 0 Å². The van der Waals surface area contributed by atoms with Gasteiger partial charge in [0.05, 0.1) is 17.9 Å². The van der Waals surface area contributed by atoms with Gasteiger partial charge in [-0.2, -0.15) is 0 Å². The van der Waals surface area contributed by atoms with Crippen LogP contribution in [0.15, 0.2) is 42.5 Å². The molecule has 1 heterocycles. The molecule has 0 fully saturated rings. The maximum absolute atomic E-state index is 12.8. The highest BCUT2D eigenvalue weighted by Gasteiger charge is 2.31. The molecule has 3 nitrogen and oxygen atoms in total. The number of rotatable bonds is 3. The molecule has 1 atom stereocenters. The Kier molecular flexibility index (Phi) is 3.88. The van der Waals surface area contributed by atoms with Crippen molar-refractivity contribution in [2.75, 3.05) is 10.2 Å². The third-order valence-electron chi connectivity index (χ3n) is 4.39. The second-order valence-corrected chi connectivity index (χ2v) is 5.97. The molecule has 3 heteroatoms. The summed E-state index contributed by atoms with van der Waals surface area (Å²) in [4.78, 5) is 14.7. The first kappa shape index (κ1) is 14.6. The number of hydrogen-bond acceptors (Lipinski definition) is 2. The molecule has 1 aliphatic rings. The van der Waals surface area contributed by atoms with Crippen LogP contribution in [0.2, 0.25) is 0 Å². The number of carbonyl (C=O) groups is 1. The monoisotopic (exact) mass is 294 g/mol. The zero-order valence-electron chi connectivity index (χ0n) is 13.4. The number of hydrogen-bond donors (Lipinski definition) is 1. The van der Waals surface area contributed by atoms with Crippen molar-refractivity contribution in [1.82, 2.24) is 0 Å². The molecule has 1 unspecified atom stereocenters. The predicted molar refractivity (Wildman–Crippen MR) is 91.2 cm³/mol. The van der Waals surface area contributed by atoms with Crippen LogP contribution in [-0.2, 0) is 11.3 Å². The van der Waals surface area contributed by atoms with E-state index in [1.165, 1.54) is 11.1 Å². The van der Waals surface area contributed by atoms with Gasteiger partial charge >= 0.3 is 0 Å². The predicted octanol–water partition coefficient (Wildman–Crippen LogP) is 4.04. The molecule has 0 saturated carbocycles. The summed E-state index contributed by atoms with van der Waals surface area (Å²) in [6, 6.07) is 14.3. The number of aryl methyl sites for hydroxylation is 2. The van der Waals surface area contributed by atoms with Gasteiger partial charge in [0.15, 0.2) is 0 Å². The van der Waals surface area contributed by atoms with Crippen LogP contribution in [0.3, 0.4) is 0 Å². The lowest BCUT2D eigenvalue weighted by atomic mass is 10.0. The Morgan fingerprint density at radius 3 is 2.45 bits per heavy atom. The standard InChI is InChI=1S/C19H22N2O/c1-4-16-19(22)21(12-15-8-6-5-7-9-15)18-11-14(3)13(2)10-17(18)20-16/h5-11,16,20H,4,12H2,1-3H3. The summed E-state index contributed by atoms with van der Waals surface area (Å²) in [6.45, 7) is 6.86. The van der Waals surface area contributed by atoms with Crippen LogP contribution >= 0.6 is 0 Å². The van der Waals surface area contributed by atoms with E-state index in [9.17, 15) is 4.79 Å². The number of nitrogens with one attached hydrogen (secondary N) is 1. The summed E-state index contributed by atoms with van der Waals surface area (Å²) in [5.41, 5.74) is 5.65. The third kappa shape index (κ3) is 2.59. The second kappa shape index (κ2) is 5.84. The lowest BCUT2D eigenvalue weighted by molar-refractivity contribution is -0.119. The van der Waals surface area contributed by atoms with Crippen molar-refractivity contribution in [3.63, 3.8) is 0 Å². The molecular weight excluding hydrogens is 272 g/mol. The summed E-state index contributed by atoms with van der Waals surface area (Å²) in [5.74, 6) is 0.155. The van der Waals surface area contributed by atoms with Gasteiger partial charge in [-0.1, -0.05) is 37.3 Å². The van der Waals surface area contributed by atoms with Gasteiger partial charge in [0.2, 0.25) is 5.91 Å². The molecule has 0 aliphatic carbocycles. The van der Waals surface area contributed by atoms with Crippen LogP contribution in [0.4, 0.5) is 11.4 Å². The van der Waals surface area contributed by atoms with E-state index < -0.39 is 0 Å².